The summed E-state index contributed by atoms with van der Waals surface area (Å²) < 4.78 is 6.84. The van der Waals surface area contributed by atoms with Crippen LogP contribution in [0, 0.1) is 11.8 Å². The molecule has 162 valence electrons. The minimum absolute atomic E-state index is 0.00128. The SMILES string of the molecule is COC(=O)c1cccc(CC2CCN(C(=O)c3cnc4c(c3)ncn4CC(C)C)C2)c1. The Hall–Kier alpha value is -3.22. The fraction of sp³-hybridized carbons (Fsp3) is 0.417. The molecule has 1 aliphatic heterocycles. The number of hydrogen-bond acceptors (Lipinski definition) is 5. The number of nitrogens with zero attached hydrogens (tertiary/aromatic N) is 4. The van der Waals surface area contributed by atoms with Gasteiger partial charge in [-0.15, -0.1) is 0 Å². The standard InChI is InChI=1S/C24H28N4O3/c1-16(2)13-28-15-26-21-11-20(12-25-22(21)28)23(29)27-8-7-18(14-27)9-17-5-4-6-19(10-17)24(30)31-3/h4-6,10-12,15-16,18H,7-9,13-14H2,1-3H3. The highest BCUT2D eigenvalue weighted by atomic mass is 16.5. The lowest BCUT2D eigenvalue weighted by molar-refractivity contribution is 0.0600. The van der Waals surface area contributed by atoms with Crippen LogP contribution in [0.2, 0.25) is 0 Å². The molecule has 4 rings (SSSR count). The van der Waals surface area contributed by atoms with Crippen molar-refractivity contribution in [2.45, 2.75) is 33.2 Å². The molecule has 1 fully saturated rings. The van der Waals surface area contributed by atoms with Gasteiger partial charge in [-0.25, -0.2) is 14.8 Å². The van der Waals surface area contributed by atoms with Crippen molar-refractivity contribution in [1.29, 1.82) is 0 Å². The van der Waals surface area contributed by atoms with Crippen molar-refractivity contribution in [3.8, 4) is 0 Å². The highest BCUT2D eigenvalue weighted by Gasteiger charge is 2.27. The predicted octanol–water partition coefficient (Wildman–Crippen LogP) is 3.58. The smallest absolute Gasteiger partial charge is 0.337 e. The van der Waals surface area contributed by atoms with Crippen LogP contribution >= 0.6 is 0 Å². The van der Waals surface area contributed by atoms with Crippen LogP contribution in [0.4, 0.5) is 0 Å². The molecule has 1 unspecified atom stereocenters. The molecule has 0 bridgehead atoms. The first-order valence-electron chi connectivity index (χ1n) is 10.7. The molecule has 31 heavy (non-hydrogen) atoms. The summed E-state index contributed by atoms with van der Waals surface area (Å²) in [4.78, 5) is 35.6. The quantitative estimate of drug-likeness (QED) is 0.570. The van der Waals surface area contributed by atoms with Crippen LogP contribution < -0.4 is 0 Å². The fourth-order valence-electron chi connectivity index (χ4n) is 4.24. The summed E-state index contributed by atoms with van der Waals surface area (Å²) in [6.45, 7) is 6.57. The number of methoxy groups -OCH3 is 1. The first kappa shape index (κ1) is 21.0. The minimum Gasteiger partial charge on any atom is -0.465 e. The molecule has 0 N–H and O–H groups in total. The molecule has 0 spiro atoms. The van der Waals surface area contributed by atoms with Gasteiger partial charge in [0.2, 0.25) is 0 Å². The van der Waals surface area contributed by atoms with E-state index < -0.39 is 0 Å². The third kappa shape index (κ3) is 4.60. The Morgan fingerprint density at radius 2 is 2.03 bits per heavy atom. The summed E-state index contributed by atoms with van der Waals surface area (Å²) in [6, 6.07) is 9.36. The minimum atomic E-state index is -0.330. The van der Waals surface area contributed by atoms with Crippen molar-refractivity contribution in [2.75, 3.05) is 20.2 Å². The predicted molar refractivity (Wildman–Crippen MR) is 118 cm³/mol. The van der Waals surface area contributed by atoms with Crippen LogP contribution in [0.25, 0.3) is 11.2 Å². The number of imidazole rings is 1. The summed E-state index contributed by atoms with van der Waals surface area (Å²) >= 11 is 0. The molecule has 7 nitrogen and oxygen atoms in total. The molecule has 7 heteroatoms. The third-order valence-electron chi connectivity index (χ3n) is 5.71. The lowest BCUT2D eigenvalue weighted by atomic mass is 9.97. The van der Waals surface area contributed by atoms with Gasteiger partial charge in [0.1, 0.15) is 5.52 Å². The summed E-state index contributed by atoms with van der Waals surface area (Å²) in [5, 5.41) is 0. The number of likely N-dealkylation sites (tertiary alicyclic amines) is 1. The van der Waals surface area contributed by atoms with Crippen molar-refractivity contribution in [1.82, 2.24) is 19.4 Å². The number of carbonyl (C=O) groups is 2. The number of pyridine rings is 1. The van der Waals surface area contributed by atoms with E-state index in [0.29, 0.717) is 29.5 Å². The van der Waals surface area contributed by atoms with Crippen molar-refractivity contribution in [3.63, 3.8) is 0 Å². The van der Waals surface area contributed by atoms with E-state index in [9.17, 15) is 9.59 Å². The highest BCUT2D eigenvalue weighted by Crippen LogP contribution is 2.24. The Morgan fingerprint density at radius 1 is 1.19 bits per heavy atom. The lowest BCUT2D eigenvalue weighted by Crippen LogP contribution is -2.29. The Kier molecular flexibility index (Phi) is 6.02. The van der Waals surface area contributed by atoms with Crippen molar-refractivity contribution >= 4 is 23.0 Å². The molecular formula is C24H28N4O3. The lowest BCUT2D eigenvalue weighted by Gasteiger charge is -2.17. The molecular weight excluding hydrogens is 392 g/mol. The largest absolute Gasteiger partial charge is 0.465 e. The molecule has 1 aromatic carbocycles. The maximum absolute atomic E-state index is 13.0. The van der Waals surface area contributed by atoms with Crippen molar-refractivity contribution in [3.05, 3.63) is 59.5 Å². The van der Waals surface area contributed by atoms with Gasteiger partial charge in [-0.3, -0.25) is 4.79 Å². The van der Waals surface area contributed by atoms with Crippen LogP contribution in [0.1, 0.15) is 46.5 Å². The highest BCUT2D eigenvalue weighted by molar-refractivity contribution is 5.96. The average Bonchev–Trinajstić information content (AvgIpc) is 3.39. The van der Waals surface area contributed by atoms with Gasteiger partial charge in [-0.05, 0) is 48.4 Å². The molecule has 0 radical (unpaired) electrons. The Bertz CT molecular complexity index is 1110. The monoisotopic (exact) mass is 420 g/mol. The Morgan fingerprint density at radius 3 is 2.81 bits per heavy atom. The van der Waals surface area contributed by atoms with E-state index in [4.69, 9.17) is 4.74 Å². The molecule has 1 atom stereocenters. The first-order chi connectivity index (χ1) is 14.9. The second-order valence-corrected chi connectivity index (χ2v) is 8.66. The van der Waals surface area contributed by atoms with Crippen LogP contribution in [0.15, 0.2) is 42.9 Å². The maximum atomic E-state index is 13.0. The normalized spacial score (nSPS) is 16.3. The van der Waals surface area contributed by atoms with E-state index in [1.807, 2.05) is 33.7 Å². The number of hydrogen-bond donors (Lipinski definition) is 0. The fourth-order valence-corrected chi connectivity index (χ4v) is 4.24. The summed E-state index contributed by atoms with van der Waals surface area (Å²) in [5.74, 6) is 0.525. The van der Waals surface area contributed by atoms with E-state index in [1.165, 1.54) is 7.11 Å². The van der Waals surface area contributed by atoms with E-state index in [1.54, 1.807) is 18.6 Å². The number of ether oxygens (including phenoxy) is 1. The van der Waals surface area contributed by atoms with Gasteiger partial charge < -0.3 is 14.2 Å². The maximum Gasteiger partial charge on any atom is 0.337 e. The van der Waals surface area contributed by atoms with Crippen molar-refractivity contribution in [2.24, 2.45) is 11.8 Å². The van der Waals surface area contributed by atoms with E-state index in [0.717, 1.165) is 42.7 Å². The van der Waals surface area contributed by atoms with Gasteiger partial charge in [-0.2, -0.15) is 0 Å². The van der Waals surface area contributed by atoms with Crippen LogP contribution in [-0.4, -0.2) is 51.5 Å². The zero-order valence-electron chi connectivity index (χ0n) is 18.2. The van der Waals surface area contributed by atoms with Crippen molar-refractivity contribution < 1.29 is 14.3 Å². The molecule has 1 aliphatic rings. The molecule has 3 heterocycles. The second kappa shape index (κ2) is 8.88. The molecule has 3 aromatic rings. The zero-order chi connectivity index (χ0) is 22.0. The topological polar surface area (TPSA) is 77.3 Å². The van der Waals surface area contributed by atoms with Crippen LogP contribution in [-0.2, 0) is 17.7 Å². The van der Waals surface area contributed by atoms with Gasteiger partial charge in [0.15, 0.2) is 5.65 Å². The number of esters is 1. The average molecular weight is 421 g/mol. The molecule has 0 aliphatic carbocycles. The number of amides is 1. The Labute approximate surface area is 182 Å². The van der Waals surface area contributed by atoms with Gasteiger partial charge >= 0.3 is 5.97 Å². The molecule has 1 amide bonds. The van der Waals surface area contributed by atoms with E-state index in [-0.39, 0.29) is 11.9 Å². The summed E-state index contributed by atoms with van der Waals surface area (Å²) in [7, 11) is 1.39. The molecule has 2 aromatic heterocycles. The van der Waals surface area contributed by atoms with Gasteiger partial charge in [0, 0.05) is 25.8 Å². The molecule has 1 saturated heterocycles. The van der Waals surface area contributed by atoms with Gasteiger partial charge in [0.05, 0.1) is 24.6 Å². The van der Waals surface area contributed by atoms with E-state index >= 15 is 0 Å². The first-order valence-corrected chi connectivity index (χ1v) is 10.7. The van der Waals surface area contributed by atoms with Crippen LogP contribution in [0.5, 0.6) is 0 Å². The number of benzene rings is 1. The number of fused-ring (bicyclic) bond motifs is 1. The summed E-state index contributed by atoms with van der Waals surface area (Å²) in [6.07, 6.45) is 5.22. The second-order valence-electron chi connectivity index (χ2n) is 8.66. The number of rotatable bonds is 6. The van der Waals surface area contributed by atoms with Gasteiger partial charge in [-0.1, -0.05) is 26.0 Å². The number of carbonyl (C=O) groups excluding carboxylic acids is 2. The molecule has 0 saturated carbocycles. The Balaban J connectivity index is 1.42. The van der Waals surface area contributed by atoms with Crippen LogP contribution in [0.3, 0.4) is 0 Å². The zero-order valence-corrected chi connectivity index (χ0v) is 18.2. The summed E-state index contributed by atoms with van der Waals surface area (Å²) in [5.41, 5.74) is 3.79. The number of aromatic nitrogens is 3. The third-order valence-corrected chi connectivity index (χ3v) is 5.71. The van der Waals surface area contributed by atoms with E-state index in [2.05, 4.69) is 23.8 Å². The van der Waals surface area contributed by atoms with Gasteiger partial charge in [0.25, 0.3) is 5.91 Å².